The topological polar surface area (TPSA) is 121 Å². The number of carbonyl (C=O) groups excluding carboxylic acids is 1. The average Bonchev–Trinajstić information content (AvgIpc) is 3.20. The molecule has 0 unspecified atom stereocenters. The molecule has 1 aliphatic carbocycles. The van der Waals surface area contributed by atoms with E-state index in [2.05, 4.69) is 5.10 Å². The fourth-order valence-corrected chi connectivity index (χ4v) is 5.97. The molecule has 0 radical (unpaired) electrons. The Kier molecular flexibility index (Phi) is 7.30. The number of esters is 1. The summed E-state index contributed by atoms with van der Waals surface area (Å²) in [5.41, 5.74) is 0.466. The highest BCUT2D eigenvalue weighted by atomic mass is 32.2. The molecule has 0 bridgehead atoms. The normalized spacial score (nSPS) is 14.5. The minimum atomic E-state index is -4.19. The van der Waals surface area contributed by atoms with E-state index in [4.69, 9.17) is 4.74 Å². The van der Waals surface area contributed by atoms with Crippen molar-refractivity contribution >= 4 is 21.5 Å². The summed E-state index contributed by atoms with van der Waals surface area (Å²) in [4.78, 5) is 22.8. The smallest absolute Gasteiger partial charge is 0.312 e. The SMILES string of the molecule is Cc1nn(-c2ccccc2)c(OC(=O)CCC2CCCCC2)c1S(=O)(=O)c1ccc([N+](=O)[O-])cc1. The Bertz CT molecular complexity index is 1310. The molecule has 2 aromatic carbocycles. The zero-order valence-corrected chi connectivity index (χ0v) is 20.2. The number of aromatic nitrogens is 2. The molecule has 4 rings (SSSR count). The fraction of sp³-hybridized carbons (Fsp3) is 0.360. The van der Waals surface area contributed by atoms with Gasteiger partial charge in [-0.05, 0) is 43.5 Å². The Morgan fingerprint density at radius 2 is 1.74 bits per heavy atom. The maximum atomic E-state index is 13.6. The molecule has 35 heavy (non-hydrogen) atoms. The highest BCUT2D eigenvalue weighted by Gasteiger charge is 2.32. The molecule has 1 aromatic heterocycles. The van der Waals surface area contributed by atoms with Crippen LogP contribution in [0.1, 0.15) is 50.6 Å². The van der Waals surface area contributed by atoms with Crippen molar-refractivity contribution in [2.45, 2.75) is 61.7 Å². The Hall–Kier alpha value is -3.53. The third kappa shape index (κ3) is 5.43. The van der Waals surface area contributed by atoms with E-state index >= 15 is 0 Å². The molecule has 1 heterocycles. The second-order valence-corrected chi connectivity index (χ2v) is 10.6. The van der Waals surface area contributed by atoms with E-state index in [1.165, 1.54) is 30.2 Å². The van der Waals surface area contributed by atoms with Crippen molar-refractivity contribution in [3.63, 3.8) is 0 Å². The maximum Gasteiger partial charge on any atom is 0.312 e. The van der Waals surface area contributed by atoms with Crippen molar-refractivity contribution in [3.05, 3.63) is 70.4 Å². The second-order valence-electron chi connectivity index (χ2n) is 8.74. The van der Waals surface area contributed by atoms with Gasteiger partial charge in [0.05, 0.1) is 21.2 Å². The molecule has 1 fully saturated rings. The molecule has 3 aromatic rings. The van der Waals surface area contributed by atoms with Crippen LogP contribution in [-0.4, -0.2) is 29.1 Å². The van der Waals surface area contributed by atoms with Gasteiger partial charge in [-0.2, -0.15) is 9.78 Å². The lowest BCUT2D eigenvalue weighted by atomic mass is 9.86. The zero-order valence-electron chi connectivity index (χ0n) is 19.4. The number of aryl methyl sites for hydroxylation is 1. The molecule has 0 amide bonds. The molecule has 1 saturated carbocycles. The van der Waals surface area contributed by atoms with Crippen LogP contribution in [0, 0.1) is 23.0 Å². The third-order valence-corrected chi connectivity index (χ3v) is 8.18. The molecule has 1 aliphatic rings. The fourth-order valence-electron chi connectivity index (χ4n) is 4.46. The minimum Gasteiger partial charge on any atom is -0.406 e. The van der Waals surface area contributed by atoms with Gasteiger partial charge >= 0.3 is 5.97 Å². The van der Waals surface area contributed by atoms with E-state index in [0.29, 0.717) is 18.0 Å². The number of hydrogen-bond acceptors (Lipinski definition) is 7. The van der Waals surface area contributed by atoms with E-state index in [1.54, 1.807) is 24.3 Å². The maximum absolute atomic E-state index is 13.6. The molecule has 0 saturated heterocycles. The summed E-state index contributed by atoms with van der Waals surface area (Å²) in [6.45, 7) is 1.52. The molecular weight excluding hydrogens is 470 g/mol. The van der Waals surface area contributed by atoms with E-state index in [9.17, 15) is 23.3 Å². The predicted octanol–water partition coefficient (Wildman–Crippen LogP) is 5.19. The van der Waals surface area contributed by atoms with Crippen LogP contribution < -0.4 is 4.74 Å². The van der Waals surface area contributed by atoms with Crippen LogP contribution >= 0.6 is 0 Å². The Labute approximate surface area is 203 Å². The summed E-state index contributed by atoms with van der Waals surface area (Å²) < 4.78 is 34.1. The zero-order chi connectivity index (χ0) is 25.0. The Morgan fingerprint density at radius 3 is 2.37 bits per heavy atom. The summed E-state index contributed by atoms with van der Waals surface area (Å²) in [6, 6.07) is 13.4. The van der Waals surface area contributed by atoms with Gasteiger partial charge in [0.1, 0.15) is 0 Å². The highest BCUT2D eigenvalue weighted by molar-refractivity contribution is 7.91. The summed E-state index contributed by atoms with van der Waals surface area (Å²) in [6.07, 6.45) is 6.61. The Balaban J connectivity index is 1.70. The first-order chi connectivity index (χ1) is 16.8. The first-order valence-corrected chi connectivity index (χ1v) is 13.1. The number of ether oxygens (including phenoxy) is 1. The minimum absolute atomic E-state index is 0.154. The quantitative estimate of drug-likeness (QED) is 0.238. The third-order valence-electron chi connectivity index (χ3n) is 6.28. The van der Waals surface area contributed by atoms with Gasteiger partial charge in [0.25, 0.3) is 5.69 Å². The number of nitro groups is 1. The number of nitrogens with zero attached hydrogens (tertiary/aromatic N) is 3. The first-order valence-electron chi connectivity index (χ1n) is 11.6. The molecule has 10 heteroatoms. The van der Waals surface area contributed by atoms with E-state index < -0.39 is 20.7 Å². The van der Waals surface area contributed by atoms with Crippen LogP contribution in [0.15, 0.2) is 64.4 Å². The molecule has 0 spiro atoms. The van der Waals surface area contributed by atoms with Gasteiger partial charge in [0.15, 0.2) is 4.90 Å². The van der Waals surface area contributed by atoms with Crippen molar-refractivity contribution < 1.29 is 22.9 Å². The number of hydrogen-bond donors (Lipinski definition) is 0. The van der Waals surface area contributed by atoms with E-state index in [-0.39, 0.29) is 33.5 Å². The number of carbonyl (C=O) groups is 1. The number of rotatable bonds is 8. The van der Waals surface area contributed by atoms with Crippen LogP contribution in [-0.2, 0) is 14.6 Å². The highest BCUT2D eigenvalue weighted by Crippen LogP contribution is 2.35. The monoisotopic (exact) mass is 497 g/mol. The van der Waals surface area contributed by atoms with Gasteiger partial charge in [0.2, 0.25) is 15.7 Å². The van der Waals surface area contributed by atoms with Gasteiger partial charge in [-0.25, -0.2) is 8.42 Å². The lowest BCUT2D eigenvalue weighted by Crippen LogP contribution is -2.16. The van der Waals surface area contributed by atoms with Gasteiger partial charge in [-0.15, -0.1) is 0 Å². The van der Waals surface area contributed by atoms with Crippen molar-refractivity contribution in [3.8, 4) is 11.6 Å². The molecule has 0 atom stereocenters. The van der Waals surface area contributed by atoms with Gasteiger partial charge < -0.3 is 4.74 Å². The first kappa shape index (κ1) is 24.6. The number of nitro benzene ring substituents is 1. The van der Waals surface area contributed by atoms with E-state index in [1.807, 2.05) is 6.07 Å². The predicted molar refractivity (Wildman–Crippen MR) is 128 cm³/mol. The number of para-hydroxylation sites is 1. The van der Waals surface area contributed by atoms with Crippen LogP contribution in [0.2, 0.25) is 0 Å². The summed E-state index contributed by atoms with van der Waals surface area (Å²) in [5.74, 6) is -0.228. The van der Waals surface area contributed by atoms with Crippen LogP contribution in [0.4, 0.5) is 5.69 Å². The van der Waals surface area contributed by atoms with E-state index in [0.717, 1.165) is 37.8 Å². The molecule has 9 nitrogen and oxygen atoms in total. The summed E-state index contributed by atoms with van der Waals surface area (Å²) >= 11 is 0. The van der Waals surface area contributed by atoms with Gasteiger partial charge in [-0.3, -0.25) is 14.9 Å². The van der Waals surface area contributed by atoms with Crippen molar-refractivity contribution in [2.24, 2.45) is 5.92 Å². The van der Waals surface area contributed by atoms with Crippen LogP contribution in [0.5, 0.6) is 5.88 Å². The molecule has 184 valence electrons. The largest absolute Gasteiger partial charge is 0.406 e. The van der Waals surface area contributed by atoms with Crippen molar-refractivity contribution in [1.82, 2.24) is 9.78 Å². The number of benzene rings is 2. The van der Waals surface area contributed by atoms with Gasteiger partial charge in [0, 0.05) is 18.6 Å². The van der Waals surface area contributed by atoms with Crippen molar-refractivity contribution in [2.75, 3.05) is 0 Å². The molecule has 0 aliphatic heterocycles. The van der Waals surface area contributed by atoms with Gasteiger partial charge in [-0.1, -0.05) is 50.3 Å². The number of sulfone groups is 1. The van der Waals surface area contributed by atoms with Crippen molar-refractivity contribution in [1.29, 1.82) is 0 Å². The summed E-state index contributed by atoms with van der Waals surface area (Å²) in [5, 5.41) is 15.4. The second kappa shape index (κ2) is 10.4. The lowest BCUT2D eigenvalue weighted by Gasteiger charge is -2.20. The molecular formula is C25H27N3O6S. The Morgan fingerprint density at radius 1 is 1.09 bits per heavy atom. The summed E-state index contributed by atoms with van der Waals surface area (Å²) in [7, 11) is -4.19. The number of non-ortho nitro benzene ring substituents is 1. The molecule has 0 N–H and O–H groups in total. The standard InChI is InChI=1S/C25H27N3O6S/c1-18-24(35(32,33)22-15-13-21(14-16-22)28(30)31)25(27(26-18)20-10-6-3-7-11-20)34-23(29)17-12-19-8-4-2-5-9-19/h3,6-7,10-11,13-16,19H,2,4-5,8-9,12,17H2,1H3. The van der Waals surface area contributed by atoms with Crippen LogP contribution in [0.3, 0.4) is 0 Å². The van der Waals surface area contributed by atoms with Crippen LogP contribution in [0.25, 0.3) is 5.69 Å². The average molecular weight is 498 g/mol. The lowest BCUT2D eigenvalue weighted by molar-refractivity contribution is -0.384.